The first-order chi connectivity index (χ1) is 7.45. The quantitative estimate of drug-likeness (QED) is 0.504. The molecule has 0 saturated heterocycles. The second kappa shape index (κ2) is 5.32. The predicted molar refractivity (Wildman–Crippen MR) is 65.7 cm³/mol. The summed E-state index contributed by atoms with van der Waals surface area (Å²) in [5.74, 6) is 5.56. The van der Waals surface area contributed by atoms with Crippen molar-refractivity contribution in [3.63, 3.8) is 0 Å². The summed E-state index contributed by atoms with van der Waals surface area (Å²) in [6.07, 6.45) is 0. The lowest BCUT2D eigenvalue weighted by Gasteiger charge is -2.22. The average molecular weight is 287 g/mol. The van der Waals surface area contributed by atoms with Crippen molar-refractivity contribution in [1.29, 1.82) is 0 Å². The van der Waals surface area contributed by atoms with E-state index in [1.54, 1.807) is 13.8 Å². The van der Waals surface area contributed by atoms with Gasteiger partial charge in [-0.3, -0.25) is 10.2 Å². The van der Waals surface area contributed by atoms with E-state index in [0.29, 0.717) is 5.75 Å². The third-order valence-electron chi connectivity index (χ3n) is 2.14. The highest BCUT2D eigenvalue weighted by Crippen LogP contribution is 2.21. The highest BCUT2D eigenvalue weighted by Gasteiger charge is 2.27. The summed E-state index contributed by atoms with van der Waals surface area (Å²) in [7, 11) is 0. The normalized spacial score (nSPS) is 11.0. The SMILES string of the molecule is CC(C)(COc1cccc(Br)c1)C(=O)NN. The molecule has 88 valence electrons. The highest BCUT2D eigenvalue weighted by atomic mass is 79.9. The van der Waals surface area contributed by atoms with E-state index in [4.69, 9.17) is 10.6 Å². The lowest BCUT2D eigenvalue weighted by atomic mass is 9.94. The van der Waals surface area contributed by atoms with Gasteiger partial charge in [-0.25, -0.2) is 5.84 Å². The lowest BCUT2D eigenvalue weighted by molar-refractivity contribution is -0.130. The first kappa shape index (κ1) is 13.0. The molecule has 1 aromatic carbocycles. The number of carbonyl (C=O) groups is 1. The van der Waals surface area contributed by atoms with Gasteiger partial charge >= 0.3 is 0 Å². The van der Waals surface area contributed by atoms with Gasteiger partial charge in [0, 0.05) is 4.47 Å². The molecule has 0 aliphatic rings. The number of hydrogen-bond donors (Lipinski definition) is 2. The van der Waals surface area contributed by atoms with Crippen LogP contribution in [-0.4, -0.2) is 12.5 Å². The molecule has 1 rings (SSSR count). The zero-order valence-electron chi connectivity index (χ0n) is 9.29. The summed E-state index contributed by atoms with van der Waals surface area (Å²) in [6, 6.07) is 7.46. The molecule has 0 unspecified atom stereocenters. The number of nitrogens with one attached hydrogen (secondary N) is 1. The molecule has 4 nitrogen and oxygen atoms in total. The molecule has 0 aliphatic carbocycles. The van der Waals surface area contributed by atoms with Gasteiger partial charge in [-0.1, -0.05) is 22.0 Å². The first-order valence-electron chi connectivity index (χ1n) is 4.85. The van der Waals surface area contributed by atoms with Crippen molar-refractivity contribution in [1.82, 2.24) is 5.43 Å². The fourth-order valence-corrected chi connectivity index (χ4v) is 1.46. The molecule has 16 heavy (non-hydrogen) atoms. The Bertz CT molecular complexity index is 380. The Morgan fingerprint density at radius 1 is 1.56 bits per heavy atom. The Morgan fingerprint density at radius 2 is 2.25 bits per heavy atom. The minimum Gasteiger partial charge on any atom is -0.492 e. The van der Waals surface area contributed by atoms with Crippen LogP contribution in [0, 0.1) is 5.41 Å². The van der Waals surface area contributed by atoms with Crippen LogP contribution in [0.5, 0.6) is 5.75 Å². The van der Waals surface area contributed by atoms with Crippen LogP contribution in [-0.2, 0) is 4.79 Å². The molecule has 0 atom stereocenters. The van der Waals surface area contributed by atoms with Gasteiger partial charge in [0.1, 0.15) is 12.4 Å². The Hall–Kier alpha value is -1.07. The second-order valence-electron chi connectivity index (χ2n) is 4.10. The van der Waals surface area contributed by atoms with Crippen LogP contribution in [0.4, 0.5) is 0 Å². The van der Waals surface area contributed by atoms with Crippen LogP contribution in [0.1, 0.15) is 13.8 Å². The van der Waals surface area contributed by atoms with E-state index in [9.17, 15) is 4.79 Å². The van der Waals surface area contributed by atoms with Crippen LogP contribution in [0.15, 0.2) is 28.7 Å². The number of carbonyl (C=O) groups excluding carboxylic acids is 1. The number of halogens is 1. The highest BCUT2D eigenvalue weighted by molar-refractivity contribution is 9.10. The second-order valence-corrected chi connectivity index (χ2v) is 5.02. The van der Waals surface area contributed by atoms with E-state index in [0.717, 1.165) is 4.47 Å². The molecular formula is C11H15BrN2O2. The zero-order valence-corrected chi connectivity index (χ0v) is 10.9. The maximum atomic E-state index is 11.4. The maximum Gasteiger partial charge on any atom is 0.242 e. The molecule has 0 heterocycles. The molecule has 0 radical (unpaired) electrons. The third-order valence-corrected chi connectivity index (χ3v) is 2.63. The summed E-state index contributed by atoms with van der Waals surface area (Å²) in [5, 5.41) is 0. The number of hydrazine groups is 1. The molecule has 3 N–H and O–H groups in total. The number of ether oxygens (including phenoxy) is 1. The van der Waals surface area contributed by atoms with Gasteiger partial charge in [-0.2, -0.15) is 0 Å². The monoisotopic (exact) mass is 286 g/mol. The van der Waals surface area contributed by atoms with E-state index in [1.165, 1.54) is 0 Å². The van der Waals surface area contributed by atoms with Crippen LogP contribution >= 0.6 is 15.9 Å². The topological polar surface area (TPSA) is 64.3 Å². The summed E-state index contributed by atoms with van der Waals surface area (Å²) in [6.45, 7) is 3.81. The summed E-state index contributed by atoms with van der Waals surface area (Å²) in [5.41, 5.74) is 1.47. The Labute approximate surface area is 103 Å². The van der Waals surface area contributed by atoms with Crippen molar-refractivity contribution in [3.8, 4) is 5.75 Å². The molecule has 0 aromatic heterocycles. The van der Waals surface area contributed by atoms with Crippen molar-refractivity contribution < 1.29 is 9.53 Å². The molecule has 0 saturated carbocycles. The standard InChI is InChI=1S/C11H15BrN2O2/c1-11(2,10(15)14-13)7-16-9-5-3-4-8(12)6-9/h3-6H,7,13H2,1-2H3,(H,14,15). The Balaban J connectivity index is 2.61. The summed E-state index contributed by atoms with van der Waals surface area (Å²) >= 11 is 3.35. The Morgan fingerprint density at radius 3 is 2.81 bits per heavy atom. The van der Waals surface area contributed by atoms with Crippen LogP contribution in [0.2, 0.25) is 0 Å². The maximum absolute atomic E-state index is 11.4. The molecule has 0 bridgehead atoms. The minimum atomic E-state index is -0.656. The predicted octanol–water partition coefficient (Wildman–Crippen LogP) is 1.84. The number of nitrogens with two attached hydrogens (primary N) is 1. The summed E-state index contributed by atoms with van der Waals surface area (Å²) < 4.78 is 6.46. The molecule has 0 aliphatic heterocycles. The molecule has 0 fully saturated rings. The van der Waals surface area contributed by atoms with Crippen molar-refractivity contribution in [2.45, 2.75) is 13.8 Å². The third kappa shape index (κ3) is 3.50. The van der Waals surface area contributed by atoms with Gasteiger partial charge in [0.25, 0.3) is 0 Å². The van der Waals surface area contributed by atoms with Gasteiger partial charge in [0.15, 0.2) is 0 Å². The number of hydrogen-bond acceptors (Lipinski definition) is 3. The largest absolute Gasteiger partial charge is 0.492 e. The van der Waals surface area contributed by atoms with Crippen molar-refractivity contribution in [2.75, 3.05) is 6.61 Å². The zero-order chi connectivity index (χ0) is 12.2. The molecule has 1 aromatic rings. The van der Waals surface area contributed by atoms with E-state index in [2.05, 4.69) is 21.4 Å². The van der Waals surface area contributed by atoms with Gasteiger partial charge in [0.2, 0.25) is 5.91 Å². The minimum absolute atomic E-state index is 0.248. The van der Waals surface area contributed by atoms with Gasteiger partial charge in [-0.15, -0.1) is 0 Å². The lowest BCUT2D eigenvalue weighted by Crippen LogP contribution is -2.44. The van der Waals surface area contributed by atoms with Crippen molar-refractivity contribution >= 4 is 21.8 Å². The molecule has 0 spiro atoms. The van der Waals surface area contributed by atoms with E-state index < -0.39 is 5.41 Å². The number of amides is 1. The smallest absolute Gasteiger partial charge is 0.242 e. The van der Waals surface area contributed by atoms with E-state index >= 15 is 0 Å². The molecule has 5 heteroatoms. The van der Waals surface area contributed by atoms with E-state index in [1.807, 2.05) is 24.3 Å². The van der Waals surface area contributed by atoms with Crippen LogP contribution in [0.25, 0.3) is 0 Å². The first-order valence-corrected chi connectivity index (χ1v) is 5.64. The van der Waals surface area contributed by atoms with Crippen molar-refractivity contribution in [3.05, 3.63) is 28.7 Å². The van der Waals surface area contributed by atoms with Crippen LogP contribution in [0.3, 0.4) is 0 Å². The van der Waals surface area contributed by atoms with Crippen LogP contribution < -0.4 is 16.0 Å². The fraction of sp³-hybridized carbons (Fsp3) is 0.364. The molecular weight excluding hydrogens is 272 g/mol. The molecule has 1 amide bonds. The van der Waals surface area contributed by atoms with Crippen molar-refractivity contribution in [2.24, 2.45) is 11.3 Å². The number of benzene rings is 1. The van der Waals surface area contributed by atoms with Gasteiger partial charge < -0.3 is 4.74 Å². The van der Waals surface area contributed by atoms with E-state index in [-0.39, 0.29) is 12.5 Å². The van der Waals surface area contributed by atoms with Gasteiger partial charge in [0.05, 0.1) is 5.41 Å². The Kier molecular flexibility index (Phi) is 4.32. The fourth-order valence-electron chi connectivity index (χ4n) is 1.08. The van der Waals surface area contributed by atoms with Gasteiger partial charge in [-0.05, 0) is 32.0 Å². The average Bonchev–Trinajstić information content (AvgIpc) is 2.25. The number of rotatable bonds is 4. The summed E-state index contributed by atoms with van der Waals surface area (Å²) in [4.78, 5) is 11.4.